The summed E-state index contributed by atoms with van der Waals surface area (Å²) in [6, 6.07) is 7.28. The van der Waals surface area contributed by atoms with Crippen LogP contribution in [-0.2, 0) is 4.79 Å². The summed E-state index contributed by atoms with van der Waals surface area (Å²) in [4.78, 5) is 31.0. The fraction of sp³-hybridized carbons (Fsp3) is 0.500. The van der Waals surface area contributed by atoms with Gasteiger partial charge in [-0.3, -0.25) is 14.5 Å². The van der Waals surface area contributed by atoms with Crippen LogP contribution in [0.3, 0.4) is 0 Å². The van der Waals surface area contributed by atoms with Gasteiger partial charge in [-0.2, -0.15) is 0 Å². The van der Waals surface area contributed by atoms with Crippen LogP contribution in [0.4, 0.5) is 0 Å². The van der Waals surface area contributed by atoms with E-state index in [1.54, 1.807) is 12.1 Å². The zero-order valence-electron chi connectivity index (χ0n) is 15.2. The highest BCUT2D eigenvalue weighted by atomic mass is 16.2. The monoisotopic (exact) mass is 369 g/mol. The molecule has 27 heavy (non-hydrogen) atoms. The molecule has 2 fully saturated rings. The summed E-state index contributed by atoms with van der Waals surface area (Å²) < 4.78 is 1.53. The van der Waals surface area contributed by atoms with Crippen molar-refractivity contribution in [3.05, 3.63) is 36.2 Å². The highest BCUT2D eigenvalue weighted by Crippen LogP contribution is 2.14. The Morgan fingerprint density at radius 1 is 0.963 bits per heavy atom. The lowest BCUT2D eigenvalue weighted by molar-refractivity contribution is -0.131. The van der Waals surface area contributed by atoms with Gasteiger partial charge >= 0.3 is 0 Å². The third-order valence-electron chi connectivity index (χ3n) is 5.18. The summed E-state index contributed by atoms with van der Waals surface area (Å²) in [6.45, 7) is 4.92. The number of piperazine rings is 1. The minimum atomic E-state index is -0.00422. The minimum absolute atomic E-state index is 0.00422. The van der Waals surface area contributed by atoms with Gasteiger partial charge in [0.25, 0.3) is 5.91 Å². The molecule has 2 aromatic rings. The first-order valence-electron chi connectivity index (χ1n) is 9.33. The van der Waals surface area contributed by atoms with Crippen molar-refractivity contribution in [1.82, 2.24) is 34.9 Å². The van der Waals surface area contributed by atoms with E-state index >= 15 is 0 Å². The second-order valence-corrected chi connectivity index (χ2v) is 6.96. The molecule has 1 aromatic carbocycles. The molecule has 9 nitrogen and oxygen atoms in total. The average molecular weight is 369 g/mol. The van der Waals surface area contributed by atoms with Crippen molar-refractivity contribution in [3.63, 3.8) is 0 Å². The molecule has 2 saturated heterocycles. The van der Waals surface area contributed by atoms with Gasteiger partial charge in [-0.05, 0) is 41.5 Å². The van der Waals surface area contributed by atoms with Crippen LogP contribution in [0.15, 0.2) is 30.6 Å². The van der Waals surface area contributed by atoms with Gasteiger partial charge in [0.05, 0.1) is 12.2 Å². The summed E-state index contributed by atoms with van der Waals surface area (Å²) in [5, 5.41) is 11.1. The molecule has 0 atom stereocenters. The third-order valence-corrected chi connectivity index (χ3v) is 5.18. The highest BCUT2D eigenvalue weighted by molar-refractivity contribution is 5.94. The van der Waals surface area contributed by atoms with Crippen LogP contribution in [0.25, 0.3) is 5.69 Å². The minimum Gasteiger partial charge on any atom is -0.342 e. The molecule has 2 aliphatic heterocycles. The number of carbonyl (C=O) groups excluding carboxylic acids is 2. The quantitative estimate of drug-likeness (QED) is 0.756. The Kier molecular flexibility index (Phi) is 5.10. The summed E-state index contributed by atoms with van der Waals surface area (Å²) in [5.41, 5.74) is 1.37. The van der Waals surface area contributed by atoms with Gasteiger partial charge in [0.15, 0.2) is 0 Å². The van der Waals surface area contributed by atoms with Crippen molar-refractivity contribution < 1.29 is 9.59 Å². The molecular formula is C18H23N7O2. The number of nitrogens with zero attached hydrogens (tertiary/aromatic N) is 7. The van der Waals surface area contributed by atoms with Crippen molar-refractivity contribution in [3.8, 4) is 5.69 Å². The van der Waals surface area contributed by atoms with Gasteiger partial charge in [-0.25, -0.2) is 4.68 Å². The zero-order valence-corrected chi connectivity index (χ0v) is 15.2. The zero-order chi connectivity index (χ0) is 18.6. The largest absolute Gasteiger partial charge is 0.342 e. The van der Waals surface area contributed by atoms with Crippen molar-refractivity contribution in [1.29, 1.82) is 0 Å². The van der Waals surface area contributed by atoms with Crippen molar-refractivity contribution in [2.75, 3.05) is 45.8 Å². The maximum atomic E-state index is 12.8. The SMILES string of the molecule is O=C(CN1CCN(C(=O)c2cccc(-n3cnnn3)c2)CC1)N1CCCC1. The summed E-state index contributed by atoms with van der Waals surface area (Å²) in [7, 11) is 0. The molecule has 0 saturated carbocycles. The molecule has 142 valence electrons. The van der Waals surface area contributed by atoms with Crippen molar-refractivity contribution >= 4 is 11.8 Å². The number of hydrogen-bond donors (Lipinski definition) is 0. The van der Waals surface area contributed by atoms with E-state index in [9.17, 15) is 9.59 Å². The third kappa shape index (κ3) is 3.97. The molecule has 2 amide bonds. The Morgan fingerprint density at radius 2 is 1.74 bits per heavy atom. The Hall–Kier alpha value is -2.81. The summed E-state index contributed by atoms with van der Waals surface area (Å²) >= 11 is 0. The molecule has 9 heteroatoms. The van der Waals surface area contributed by atoms with Crippen LogP contribution in [0, 0.1) is 0 Å². The van der Waals surface area contributed by atoms with Crippen molar-refractivity contribution in [2.45, 2.75) is 12.8 Å². The fourth-order valence-electron chi connectivity index (χ4n) is 3.61. The van der Waals surface area contributed by atoms with Crippen LogP contribution < -0.4 is 0 Å². The molecule has 0 bridgehead atoms. The number of rotatable bonds is 4. The van der Waals surface area contributed by atoms with E-state index in [4.69, 9.17) is 0 Å². The first-order chi connectivity index (χ1) is 13.2. The van der Waals surface area contributed by atoms with Crippen molar-refractivity contribution in [2.24, 2.45) is 0 Å². The highest BCUT2D eigenvalue weighted by Gasteiger charge is 2.25. The molecule has 4 rings (SSSR count). The van der Waals surface area contributed by atoms with Gasteiger partial charge in [-0.15, -0.1) is 5.10 Å². The molecule has 0 aliphatic carbocycles. The topological polar surface area (TPSA) is 87.5 Å². The maximum Gasteiger partial charge on any atom is 0.254 e. The van der Waals surface area contributed by atoms with Gasteiger partial charge < -0.3 is 9.80 Å². The standard InChI is InChI=1S/C18H23N7O2/c26-17(23-6-1-2-7-23)13-22-8-10-24(11-9-22)18(27)15-4-3-5-16(12-15)25-14-19-20-21-25/h3-5,12,14H,1-2,6-11,13H2. The lowest BCUT2D eigenvalue weighted by Crippen LogP contribution is -2.51. The second-order valence-electron chi connectivity index (χ2n) is 6.96. The van der Waals surface area contributed by atoms with Gasteiger partial charge in [-0.1, -0.05) is 6.07 Å². The van der Waals surface area contributed by atoms with E-state index in [-0.39, 0.29) is 11.8 Å². The molecule has 0 spiro atoms. The van der Waals surface area contributed by atoms with Gasteiger partial charge in [0.1, 0.15) is 6.33 Å². The average Bonchev–Trinajstić information content (AvgIpc) is 3.42. The number of benzene rings is 1. The summed E-state index contributed by atoms with van der Waals surface area (Å²) in [5.74, 6) is 0.205. The first kappa shape index (κ1) is 17.6. The number of amides is 2. The first-order valence-corrected chi connectivity index (χ1v) is 9.33. The molecule has 2 aliphatic rings. The van der Waals surface area contributed by atoms with Gasteiger partial charge in [0, 0.05) is 44.8 Å². The van der Waals surface area contributed by atoms with E-state index < -0.39 is 0 Å². The number of hydrogen-bond acceptors (Lipinski definition) is 6. The van der Waals surface area contributed by atoms with E-state index in [0.29, 0.717) is 25.2 Å². The number of carbonyl (C=O) groups is 2. The Morgan fingerprint density at radius 3 is 2.44 bits per heavy atom. The molecule has 0 N–H and O–H groups in total. The van der Waals surface area contributed by atoms with Crippen LogP contribution in [0.1, 0.15) is 23.2 Å². The van der Waals surface area contributed by atoms with E-state index in [1.165, 1.54) is 11.0 Å². The van der Waals surface area contributed by atoms with Crippen LogP contribution in [0.2, 0.25) is 0 Å². The van der Waals surface area contributed by atoms with Crippen LogP contribution >= 0.6 is 0 Å². The Labute approximate surface area is 157 Å². The molecule has 0 unspecified atom stereocenters. The van der Waals surface area contributed by atoms with E-state index in [0.717, 1.165) is 44.7 Å². The van der Waals surface area contributed by atoms with E-state index in [2.05, 4.69) is 20.4 Å². The van der Waals surface area contributed by atoms with Crippen LogP contribution in [0.5, 0.6) is 0 Å². The summed E-state index contributed by atoms with van der Waals surface area (Å²) in [6.07, 6.45) is 3.72. The maximum absolute atomic E-state index is 12.8. The Bertz CT molecular complexity index is 794. The second kappa shape index (κ2) is 7.83. The fourth-order valence-corrected chi connectivity index (χ4v) is 3.61. The molecule has 3 heterocycles. The smallest absolute Gasteiger partial charge is 0.254 e. The van der Waals surface area contributed by atoms with Crippen LogP contribution in [-0.4, -0.2) is 92.5 Å². The Balaban J connectivity index is 1.33. The number of likely N-dealkylation sites (tertiary alicyclic amines) is 1. The molecular weight excluding hydrogens is 346 g/mol. The predicted octanol–water partition coefficient (Wildman–Crippen LogP) is 0.0425. The lowest BCUT2D eigenvalue weighted by atomic mass is 10.1. The van der Waals surface area contributed by atoms with Gasteiger partial charge in [0.2, 0.25) is 5.91 Å². The van der Waals surface area contributed by atoms with E-state index in [1.807, 2.05) is 21.9 Å². The molecule has 0 radical (unpaired) electrons. The normalized spacial score (nSPS) is 18.1. The predicted molar refractivity (Wildman–Crippen MR) is 97.3 cm³/mol. The number of aromatic nitrogens is 4. The lowest BCUT2D eigenvalue weighted by Gasteiger charge is -2.35. The number of tetrazole rings is 1. The molecule has 1 aromatic heterocycles.